The summed E-state index contributed by atoms with van der Waals surface area (Å²) in [7, 11) is 1.21. The highest BCUT2D eigenvalue weighted by Crippen LogP contribution is 2.25. The van der Waals surface area contributed by atoms with Crippen LogP contribution in [-0.4, -0.2) is 24.2 Å². The molecule has 1 aromatic rings. The quantitative estimate of drug-likeness (QED) is 0.788. The van der Waals surface area contributed by atoms with Gasteiger partial charge in [-0.3, -0.25) is 4.79 Å². The Labute approximate surface area is 96.8 Å². The lowest BCUT2D eigenvalue weighted by Gasteiger charge is -2.11. The normalized spacial score (nSPS) is 12.2. The minimum absolute atomic E-state index is 0.0444. The summed E-state index contributed by atoms with van der Waals surface area (Å²) >= 11 is 5.76. The lowest BCUT2D eigenvalue weighted by atomic mass is 10.1. The van der Waals surface area contributed by atoms with E-state index in [9.17, 15) is 9.18 Å². The van der Waals surface area contributed by atoms with Crippen LogP contribution in [0.2, 0.25) is 5.02 Å². The van der Waals surface area contributed by atoms with Crippen LogP contribution in [0.1, 0.15) is 5.56 Å². The van der Waals surface area contributed by atoms with Gasteiger partial charge in [0.15, 0.2) is 11.6 Å². The number of hydrogen-bond acceptors (Lipinski definition) is 4. The second kappa shape index (κ2) is 5.14. The molecule has 88 valence electrons. The number of benzene rings is 1. The first-order valence-corrected chi connectivity index (χ1v) is 4.83. The van der Waals surface area contributed by atoms with Gasteiger partial charge >= 0.3 is 5.97 Å². The minimum atomic E-state index is -0.911. The number of nitrogens with two attached hydrogens (primary N) is 1. The van der Waals surface area contributed by atoms with E-state index >= 15 is 0 Å². The molecule has 0 aromatic heterocycles. The van der Waals surface area contributed by atoms with Gasteiger partial charge in [-0.1, -0.05) is 11.6 Å². The zero-order chi connectivity index (χ0) is 12.3. The van der Waals surface area contributed by atoms with Crippen LogP contribution in [0, 0.1) is 5.82 Å². The average Bonchev–Trinajstić information content (AvgIpc) is 2.24. The highest BCUT2D eigenvalue weighted by atomic mass is 35.5. The Kier molecular flexibility index (Phi) is 4.09. The van der Waals surface area contributed by atoms with Crippen molar-refractivity contribution in [2.24, 2.45) is 5.73 Å². The zero-order valence-corrected chi connectivity index (χ0v) is 9.29. The predicted octanol–water partition coefficient (Wildman–Crippen LogP) is 1.23. The number of halogens is 2. The van der Waals surface area contributed by atoms with Crippen molar-refractivity contribution in [1.82, 2.24) is 0 Å². The molecular weight excluding hydrogens is 237 g/mol. The van der Waals surface area contributed by atoms with E-state index in [-0.39, 0.29) is 11.4 Å². The monoisotopic (exact) mass is 247 g/mol. The molecule has 0 saturated heterocycles. The van der Waals surface area contributed by atoms with Crippen molar-refractivity contribution in [3.05, 3.63) is 28.5 Å². The molecule has 0 spiro atoms. The number of phenolic OH excluding ortho intramolecular Hbond substituents is 1. The Morgan fingerprint density at radius 2 is 2.31 bits per heavy atom. The second-order valence-corrected chi connectivity index (χ2v) is 3.64. The molecule has 0 heterocycles. The topological polar surface area (TPSA) is 72.5 Å². The number of carbonyl (C=O) groups excluding carboxylic acids is 1. The fourth-order valence-electron chi connectivity index (χ4n) is 1.21. The smallest absolute Gasteiger partial charge is 0.322 e. The summed E-state index contributed by atoms with van der Waals surface area (Å²) in [6.45, 7) is 0. The van der Waals surface area contributed by atoms with Gasteiger partial charge in [0.05, 0.1) is 7.11 Å². The highest BCUT2D eigenvalue weighted by Gasteiger charge is 2.17. The van der Waals surface area contributed by atoms with Crippen molar-refractivity contribution < 1.29 is 19.0 Å². The maximum atomic E-state index is 13.0. The van der Waals surface area contributed by atoms with Crippen LogP contribution < -0.4 is 5.73 Å². The van der Waals surface area contributed by atoms with Crippen molar-refractivity contribution in [1.29, 1.82) is 0 Å². The largest absolute Gasteiger partial charge is 0.505 e. The van der Waals surface area contributed by atoms with Crippen LogP contribution in [0.15, 0.2) is 12.1 Å². The van der Waals surface area contributed by atoms with Crippen molar-refractivity contribution in [2.75, 3.05) is 7.11 Å². The minimum Gasteiger partial charge on any atom is -0.505 e. The van der Waals surface area contributed by atoms with E-state index in [1.807, 2.05) is 0 Å². The van der Waals surface area contributed by atoms with E-state index in [0.29, 0.717) is 5.56 Å². The van der Waals surface area contributed by atoms with Gasteiger partial charge in [-0.2, -0.15) is 0 Å². The van der Waals surface area contributed by atoms with Gasteiger partial charge in [0, 0.05) is 11.1 Å². The van der Waals surface area contributed by atoms with Gasteiger partial charge in [-0.25, -0.2) is 4.39 Å². The molecule has 0 amide bonds. The molecule has 0 fully saturated rings. The lowest BCUT2D eigenvalue weighted by Crippen LogP contribution is -2.33. The molecule has 0 unspecified atom stereocenters. The molecule has 0 radical (unpaired) electrons. The number of hydrogen-bond donors (Lipinski definition) is 2. The first kappa shape index (κ1) is 12.7. The second-order valence-electron chi connectivity index (χ2n) is 3.23. The number of methoxy groups -OCH3 is 1. The summed E-state index contributed by atoms with van der Waals surface area (Å²) in [4.78, 5) is 11.0. The Morgan fingerprint density at radius 1 is 1.69 bits per heavy atom. The Bertz CT molecular complexity index is 411. The fourth-order valence-corrected chi connectivity index (χ4v) is 1.44. The van der Waals surface area contributed by atoms with Crippen LogP contribution >= 0.6 is 11.6 Å². The molecule has 16 heavy (non-hydrogen) atoms. The van der Waals surface area contributed by atoms with E-state index in [4.69, 9.17) is 22.4 Å². The molecule has 4 nitrogen and oxygen atoms in total. The Balaban J connectivity index is 2.89. The van der Waals surface area contributed by atoms with Crippen molar-refractivity contribution in [2.45, 2.75) is 12.5 Å². The summed E-state index contributed by atoms with van der Waals surface area (Å²) in [5, 5.41) is 9.18. The van der Waals surface area contributed by atoms with Crippen LogP contribution in [0.4, 0.5) is 4.39 Å². The maximum Gasteiger partial charge on any atom is 0.322 e. The SMILES string of the molecule is COC(=O)[C@H](N)Cc1cc(F)c(O)cc1Cl. The number of phenols is 1. The van der Waals surface area contributed by atoms with Crippen LogP contribution in [0.3, 0.4) is 0 Å². The van der Waals surface area contributed by atoms with E-state index in [1.165, 1.54) is 7.11 Å². The molecule has 1 aromatic carbocycles. The molecule has 0 aliphatic heterocycles. The number of ether oxygens (including phenoxy) is 1. The van der Waals surface area contributed by atoms with E-state index < -0.39 is 23.6 Å². The highest BCUT2D eigenvalue weighted by molar-refractivity contribution is 6.31. The summed E-state index contributed by atoms with van der Waals surface area (Å²) < 4.78 is 17.5. The molecule has 6 heteroatoms. The summed E-state index contributed by atoms with van der Waals surface area (Å²) in [6.07, 6.45) is 0.0444. The van der Waals surface area contributed by atoms with Gasteiger partial charge in [-0.15, -0.1) is 0 Å². The zero-order valence-electron chi connectivity index (χ0n) is 8.54. The summed E-state index contributed by atoms with van der Waals surface area (Å²) in [5.41, 5.74) is 5.84. The van der Waals surface area contributed by atoms with Crippen LogP contribution in [-0.2, 0) is 16.0 Å². The molecule has 0 saturated carbocycles. The van der Waals surface area contributed by atoms with Gasteiger partial charge in [-0.05, 0) is 18.1 Å². The Morgan fingerprint density at radius 3 is 2.88 bits per heavy atom. The molecular formula is C10H11ClFNO3. The molecule has 1 atom stereocenters. The van der Waals surface area contributed by atoms with Crippen LogP contribution in [0.5, 0.6) is 5.75 Å². The van der Waals surface area contributed by atoms with Gasteiger partial charge in [0.1, 0.15) is 6.04 Å². The molecule has 0 aliphatic carbocycles. The number of rotatable bonds is 3. The number of esters is 1. The van der Waals surface area contributed by atoms with Crippen LogP contribution in [0.25, 0.3) is 0 Å². The third-order valence-corrected chi connectivity index (χ3v) is 2.41. The summed E-state index contributed by atoms with van der Waals surface area (Å²) in [5.74, 6) is -1.96. The van der Waals surface area contributed by atoms with E-state index in [2.05, 4.69) is 4.74 Å². The van der Waals surface area contributed by atoms with Crippen molar-refractivity contribution in [3.63, 3.8) is 0 Å². The number of carbonyl (C=O) groups is 1. The van der Waals surface area contributed by atoms with E-state index in [1.54, 1.807) is 0 Å². The lowest BCUT2D eigenvalue weighted by molar-refractivity contribution is -0.142. The van der Waals surface area contributed by atoms with E-state index in [0.717, 1.165) is 12.1 Å². The standard InChI is InChI=1S/C10H11ClFNO3/c1-16-10(15)8(13)3-5-2-7(12)9(14)4-6(5)11/h2,4,8,14H,3,13H2,1H3/t8-/m1/s1. The third-order valence-electron chi connectivity index (χ3n) is 2.06. The van der Waals surface area contributed by atoms with Gasteiger partial charge in [0.2, 0.25) is 0 Å². The molecule has 1 rings (SSSR count). The summed E-state index contributed by atoms with van der Waals surface area (Å²) in [6, 6.07) is 1.20. The van der Waals surface area contributed by atoms with Crippen molar-refractivity contribution >= 4 is 17.6 Å². The van der Waals surface area contributed by atoms with Gasteiger partial charge < -0.3 is 15.6 Å². The average molecular weight is 248 g/mol. The first-order valence-electron chi connectivity index (χ1n) is 4.46. The van der Waals surface area contributed by atoms with Crippen molar-refractivity contribution in [3.8, 4) is 5.75 Å². The Hall–Kier alpha value is -1.33. The third kappa shape index (κ3) is 2.84. The fraction of sp³-hybridized carbons (Fsp3) is 0.300. The van der Waals surface area contributed by atoms with Gasteiger partial charge in [0.25, 0.3) is 0 Å². The molecule has 3 N–H and O–H groups in total. The first-order chi connectivity index (χ1) is 7.45. The molecule has 0 aliphatic rings. The molecule has 0 bridgehead atoms. The maximum absolute atomic E-state index is 13.0. The number of aromatic hydroxyl groups is 1. The predicted molar refractivity (Wildman–Crippen MR) is 56.8 cm³/mol.